The molecule has 0 bridgehead atoms. The number of urea groups is 1. The van der Waals surface area contributed by atoms with Gasteiger partial charge in [0.15, 0.2) is 0 Å². The van der Waals surface area contributed by atoms with Crippen molar-refractivity contribution in [3.63, 3.8) is 0 Å². The van der Waals surface area contributed by atoms with Crippen molar-refractivity contribution in [1.29, 1.82) is 0 Å². The summed E-state index contributed by atoms with van der Waals surface area (Å²) in [6.07, 6.45) is 3.13. The number of amides is 2. The molecule has 0 radical (unpaired) electrons. The Morgan fingerprint density at radius 3 is 2.50 bits per heavy atom. The zero-order valence-electron chi connectivity index (χ0n) is 13.5. The van der Waals surface area contributed by atoms with Crippen LogP contribution in [0.25, 0.3) is 0 Å². The van der Waals surface area contributed by atoms with Crippen molar-refractivity contribution in [2.45, 2.75) is 43.9 Å². The molecule has 1 unspecified atom stereocenters. The summed E-state index contributed by atoms with van der Waals surface area (Å²) in [5, 5.41) is 16.3. The lowest BCUT2D eigenvalue weighted by molar-refractivity contribution is 0.141. The highest BCUT2D eigenvalue weighted by atomic mass is 16.3. The largest absolute Gasteiger partial charge is 0.390 e. The van der Waals surface area contributed by atoms with Gasteiger partial charge in [0.25, 0.3) is 0 Å². The Balaban J connectivity index is 1.47. The standard InChI is InChI=1S/C20H22N2O2/c23-18-12-14-7-2-4-10-16(14)19(18)22-20(24)21-17-11-5-8-13-6-1-3-9-15(13)17/h1-4,6-7,9-10,17-19,23H,5,8,11-12H2,(H2,21,22,24)/t17?,18-,19+/m0/s1. The van der Waals surface area contributed by atoms with Crippen LogP contribution in [0.5, 0.6) is 0 Å². The number of rotatable bonds is 2. The number of hydrogen-bond acceptors (Lipinski definition) is 2. The lowest BCUT2D eigenvalue weighted by Crippen LogP contribution is -2.43. The smallest absolute Gasteiger partial charge is 0.315 e. The van der Waals surface area contributed by atoms with E-state index in [9.17, 15) is 9.90 Å². The van der Waals surface area contributed by atoms with Crippen LogP contribution in [0, 0.1) is 0 Å². The summed E-state index contributed by atoms with van der Waals surface area (Å²) < 4.78 is 0. The molecular formula is C20H22N2O2. The minimum atomic E-state index is -0.563. The van der Waals surface area contributed by atoms with Gasteiger partial charge in [-0.25, -0.2) is 4.79 Å². The molecule has 0 aromatic heterocycles. The van der Waals surface area contributed by atoms with Crippen molar-refractivity contribution in [1.82, 2.24) is 10.6 Å². The third kappa shape index (κ3) is 2.78. The highest BCUT2D eigenvalue weighted by molar-refractivity contribution is 5.75. The molecule has 0 saturated heterocycles. The molecule has 2 aromatic carbocycles. The molecule has 0 aliphatic heterocycles. The molecule has 3 N–H and O–H groups in total. The number of aliphatic hydroxyl groups excluding tert-OH is 1. The quantitative estimate of drug-likeness (QED) is 0.796. The molecule has 2 aliphatic rings. The Bertz CT molecular complexity index is 759. The third-order valence-electron chi connectivity index (χ3n) is 5.17. The Kier molecular flexibility index (Phi) is 3.98. The second-order valence-corrected chi connectivity index (χ2v) is 6.71. The van der Waals surface area contributed by atoms with E-state index in [1.54, 1.807) is 0 Å². The van der Waals surface area contributed by atoms with Crippen LogP contribution in [0.4, 0.5) is 4.79 Å². The van der Waals surface area contributed by atoms with Gasteiger partial charge in [-0.15, -0.1) is 0 Å². The summed E-state index contributed by atoms with van der Waals surface area (Å²) in [5.41, 5.74) is 4.66. The molecule has 2 amide bonds. The lowest BCUT2D eigenvalue weighted by atomic mass is 9.88. The van der Waals surface area contributed by atoms with E-state index in [1.807, 2.05) is 36.4 Å². The second kappa shape index (κ2) is 6.29. The molecule has 0 spiro atoms. The van der Waals surface area contributed by atoms with Crippen LogP contribution in [-0.4, -0.2) is 17.2 Å². The summed E-state index contributed by atoms with van der Waals surface area (Å²) >= 11 is 0. The summed E-state index contributed by atoms with van der Waals surface area (Å²) in [4.78, 5) is 12.5. The van der Waals surface area contributed by atoms with Crippen LogP contribution >= 0.6 is 0 Å². The van der Waals surface area contributed by atoms with Crippen molar-refractivity contribution in [2.75, 3.05) is 0 Å². The number of aryl methyl sites for hydroxylation is 1. The van der Waals surface area contributed by atoms with Crippen molar-refractivity contribution in [2.24, 2.45) is 0 Å². The molecule has 2 aliphatic carbocycles. The number of carbonyl (C=O) groups is 1. The van der Waals surface area contributed by atoms with Crippen LogP contribution in [0.15, 0.2) is 48.5 Å². The summed E-state index contributed by atoms with van der Waals surface area (Å²) in [5.74, 6) is 0. The summed E-state index contributed by atoms with van der Waals surface area (Å²) in [6.45, 7) is 0. The Hall–Kier alpha value is -2.33. The normalized spacial score (nSPS) is 24.8. The highest BCUT2D eigenvalue weighted by Gasteiger charge is 2.32. The number of carbonyl (C=O) groups excluding carboxylic acids is 1. The van der Waals surface area contributed by atoms with E-state index in [4.69, 9.17) is 0 Å². The highest BCUT2D eigenvalue weighted by Crippen LogP contribution is 2.32. The van der Waals surface area contributed by atoms with Gasteiger partial charge in [0.05, 0.1) is 18.2 Å². The van der Waals surface area contributed by atoms with Gasteiger partial charge in [-0.3, -0.25) is 0 Å². The first-order chi connectivity index (χ1) is 11.7. The van der Waals surface area contributed by atoms with Gasteiger partial charge in [0, 0.05) is 6.42 Å². The molecule has 124 valence electrons. The van der Waals surface area contributed by atoms with Crippen LogP contribution in [0.2, 0.25) is 0 Å². The number of hydrogen-bond donors (Lipinski definition) is 3. The van der Waals surface area contributed by atoms with E-state index in [1.165, 1.54) is 11.1 Å². The fourth-order valence-corrected chi connectivity index (χ4v) is 3.99. The molecule has 0 fully saturated rings. The van der Waals surface area contributed by atoms with E-state index in [2.05, 4.69) is 22.8 Å². The van der Waals surface area contributed by atoms with Crippen molar-refractivity contribution < 1.29 is 9.90 Å². The molecule has 24 heavy (non-hydrogen) atoms. The second-order valence-electron chi connectivity index (χ2n) is 6.71. The SMILES string of the molecule is O=C(NC1CCCc2ccccc21)N[C@@H]1c2ccccc2C[C@@H]1O. The molecule has 2 aromatic rings. The molecule has 0 saturated carbocycles. The van der Waals surface area contributed by atoms with E-state index >= 15 is 0 Å². The van der Waals surface area contributed by atoms with E-state index in [-0.39, 0.29) is 18.1 Å². The minimum absolute atomic E-state index is 0.0451. The molecule has 3 atom stereocenters. The zero-order chi connectivity index (χ0) is 16.5. The Labute approximate surface area is 141 Å². The van der Waals surface area contributed by atoms with E-state index in [0.29, 0.717) is 6.42 Å². The van der Waals surface area contributed by atoms with Gasteiger partial charge in [-0.2, -0.15) is 0 Å². The maximum absolute atomic E-state index is 12.5. The fourth-order valence-electron chi connectivity index (χ4n) is 3.99. The first kappa shape index (κ1) is 15.2. The van der Waals surface area contributed by atoms with Gasteiger partial charge in [-0.1, -0.05) is 48.5 Å². The van der Waals surface area contributed by atoms with Crippen molar-refractivity contribution in [3.8, 4) is 0 Å². The van der Waals surface area contributed by atoms with Crippen molar-refractivity contribution >= 4 is 6.03 Å². The number of aliphatic hydroxyl groups is 1. The molecule has 4 nitrogen and oxygen atoms in total. The van der Waals surface area contributed by atoms with Gasteiger partial charge < -0.3 is 15.7 Å². The summed E-state index contributed by atoms with van der Waals surface area (Å²) in [7, 11) is 0. The Morgan fingerprint density at radius 2 is 1.67 bits per heavy atom. The zero-order valence-corrected chi connectivity index (χ0v) is 13.5. The minimum Gasteiger partial charge on any atom is -0.390 e. The average molecular weight is 322 g/mol. The van der Waals surface area contributed by atoms with E-state index in [0.717, 1.165) is 30.4 Å². The first-order valence-electron chi connectivity index (χ1n) is 8.63. The molecule has 4 heteroatoms. The van der Waals surface area contributed by atoms with Crippen LogP contribution in [0.3, 0.4) is 0 Å². The lowest BCUT2D eigenvalue weighted by Gasteiger charge is -2.27. The molecular weight excluding hydrogens is 300 g/mol. The van der Waals surface area contributed by atoms with Gasteiger partial charge in [-0.05, 0) is 41.5 Å². The first-order valence-corrected chi connectivity index (χ1v) is 8.63. The van der Waals surface area contributed by atoms with Crippen LogP contribution in [0.1, 0.15) is 47.2 Å². The monoisotopic (exact) mass is 322 g/mol. The number of benzene rings is 2. The topological polar surface area (TPSA) is 61.4 Å². The van der Waals surface area contributed by atoms with Gasteiger partial charge in [0.2, 0.25) is 0 Å². The fraction of sp³-hybridized carbons (Fsp3) is 0.350. The third-order valence-corrected chi connectivity index (χ3v) is 5.17. The maximum atomic E-state index is 12.5. The number of fused-ring (bicyclic) bond motifs is 2. The van der Waals surface area contributed by atoms with E-state index < -0.39 is 6.10 Å². The number of nitrogens with one attached hydrogen (secondary N) is 2. The van der Waals surface area contributed by atoms with Crippen molar-refractivity contribution in [3.05, 3.63) is 70.8 Å². The summed E-state index contributed by atoms with van der Waals surface area (Å²) in [6, 6.07) is 15.7. The van der Waals surface area contributed by atoms with Gasteiger partial charge in [0.1, 0.15) is 0 Å². The van der Waals surface area contributed by atoms with Crippen LogP contribution in [-0.2, 0) is 12.8 Å². The average Bonchev–Trinajstić information content (AvgIpc) is 2.91. The Morgan fingerprint density at radius 1 is 0.958 bits per heavy atom. The molecule has 4 rings (SSSR count). The molecule has 0 heterocycles. The maximum Gasteiger partial charge on any atom is 0.315 e. The predicted molar refractivity (Wildman–Crippen MR) is 92.7 cm³/mol. The predicted octanol–water partition coefficient (Wildman–Crippen LogP) is 3.02. The van der Waals surface area contributed by atoms with Crippen LogP contribution < -0.4 is 10.6 Å². The van der Waals surface area contributed by atoms with Gasteiger partial charge >= 0.3 is 6.03 Å².